The van der Waals surface area contributed by atoms with Crippen LogP contribution in [0.25, 0.3) is 21.1 Å². The molecule has 0 radical (unpaired) electrons. The molecule has 2 aromatic heterocycles. The van der Waals surface area contributed by atoms with Crippen LogP contribution in [-0.4, -0.2) is 17.0 Å². The summed E-state index contributed by atoms with van der Waals surface area (Å²) >= 11 is 3.34. The fourth-order valence-corrected chi connectivity index (χ4v) is 3.85. The number of aryl methyl sites for hydroxylation is 1. The first-order valence-electron chi connectivity index (χ1n) is 6.50. The first-order chi connectivity index (χ1) is 9.81. The fraction of sp³-hybridized carbons (Fsp3) is 0.200. The average Bonchev–Trinajstić information content (AvgIpc) is 3.14. The summed E-state index contributed by atoms with van der Waals surface area (Å²) in [6, 6.07) is 10.3. The van der Waals surface area contributed by atoms with Gasteiger partial charge in [-0.25, -0.2) is 9.97 Å². The number of rotatable bonds is 4. The topological polar surface area (TPSA) is 37.8 Å². The van der Waals surface area contributed by atoms with E-state index in [-0.39, 0.29) is 0 Å². The van der Waals surface area contributed by atoms with E-state index < -0.39 is 0 Å². The van der Waals surface area contributed by atoms with Crippen LogP contribution in [-0.2, 0) is 6.42 Å². The second-order valence-electron chi connectivity index (χ2n) is 4.30. The van der Waals surface area contributed by atoms with Crippen LogP contribution < -0.4 is 5.32 Å². The first-order valence-corrected chi connectivity index (χ1v) is 8.20. The molecule has 0 fully saturated rings. The molecule has 0 spiro atoms. The minimum absolute atomic E-state index is 0.922. The number of hydrogen-bond donors (Lipinski definition) is 1. The molecule has 0 saturated heterocycles. The van der Waals surface area contributed by atoms with E-state index in [1.54, 1.807) is 22.7 Å². The highest BCUT2D eigenvalue weighted by atomic mass is 32.1. The van der Waals surface area contributed by atoms with Gasteiger partial charge in [-0.05, 0) is 6.42 Å². The molecule has 20 heavy (non-hydrogen) atoms. The monoisotopic (exact) mass is 301 g/mol. The number of hydrogen-bond acceptors (Lipinski definition) is 5. The molecule has 0 bridgehead atoms. The molecule has 3 rings (SSSR count). The highest BCUT2D eigenvalue weighted by Crippen LogP contribution is 2.36. The Labute approximate surface area is 126 Å². The van der Waals surface area contributed by atoms with Crippen molar-refractivity contribution in [2.75, 3.05) is 12.4 Å². The number of thiazole rings is 2. The van der Waals surface area contributed by atoms with Crippen LogP contribution in [0.2, 0.25) is 0 Å². The molecule has 1 aromatic carbocycles. The Morgan fingerprint density at radius 1 is 1.15 bits per heavy atom. The molecule has 0 aliphatic rings. The average molecular weight is 301 g/mol. The van der Waals surface area contributed by atoms with Crippen LogP contribution in [0.1, 0.15) is 12.6 Å². The highest BCUT2D eigenvalue weighted by molar-refractivity contribution is 7.19. The number of anilines is 1. The SMILES string of the molecule is CCc1nc(-c2ccccc2)sc1-c1csc(NC)n1. The lowest BCUT2D eigenvalue weighted by atomic mass is 10.2. The summed E-state index contributed by atoms with van der Waals surface area (Å²) in [4.78, 5) is 10.5. The second kappa shape index (κ2) is 5.73. The van der Waals surface area contributed by atoms with E-state index in [4.69, 9.17) is 4.98 Å². The number of aromatic nitrogens is 2. The molecule has 5 heteroatoms. The molecule has 0 unspecified atom stereocenters. The van der Waals surface area contributed by atoms with Crippen molar-refractivity contribution in [1.29, 1.82) is 0 Å². The van der Waals surface area contributed by atoms with Gasteiger partial charge in [-0.3, -0.25) is 0 Å². The smallest absolute Gasteiger partial charge is 0.182 e. The molecule has 1 N–H and O–H groups in total. The molecule has 0 saturated carbocycles. The lowest BCUT2D eigenvalue weighted by Gasteiger charge is -1.94. The van der Waals surface area contributed by atoms with E-state index in [0.29, 0.717) is 0 Å². The molecular weight excluding hydrogens is 286 g/mol. The molecule has 0 amide bonds. The summed E-state index contributed by atoms with van der Waals surface area (Å²) in [5.74, 6) is 0. The zero-order valence-corrected chi connectivity index (χ0v) is 13.0. The summed E-state index contributed by atoms with van der Waals surface area (Å²) in [7, 11) is 1.89. The van der Waals surface area contributed by atoms with E-state index in [2.05, 4.69) is 34.7 Å². The van der Waals surface area contributed by atoms with Gasteiger partial charge in [0, 0.05) is 18.0 Å². The summed E-state index contributed by atoms with van der Waals surface area (Å²) < 4.78 is 0. The highest BCUT2D eigenvalue weighted by Gasteiger charge is 2.15. The van der Waals surface area contributed by atoms with E-state index in [0.717, 1.165) is 27.9 Å². The van der Waals surface area contributed by atoms with Crippen LogP contribution in [0.15, 0.2) is 35.7 Å². The minimum atomic E-state index is 0.922. The predicted molar refractivity (Wildman–Crippen MR) is 87.6 cm³/mol. The van der Waals surface area contributed by atoms with Gasteiger partial charge in [0.1, 0.15) is 5.01 Å². The maximum atomic E-state index is 4.77. The second-order valence-corrected chi connectivity index (χ2v) is 6.16. The standard InChI is InChI=1S/C15H15N3S2/c1-3-11-13(12-9-19-15(16-2)18-12)20-14(17-11)10-7-5-4-6-8-10/h4-9H,3H2,1-2H3,(H,16,18). The van der Waals surface area contributed by atoms with Gasteiger partial charge in [0.2, 0.25) is 0 Å². The van der Waals surface area contributed by atoms with Crippen LogP contribution in [0.4, 0.5) is 5.13 Å². The van der Waals surface area contributed by atoms with Crippen molar-refractivity contribution in [2.24, 2.45) is 0 Å². The largest absolute Gasteiger partial charge is 0.365 e. The summed E-state index contributed by atoms with van der Waals surface area (Å²) in [5, 5.41) is 7.18. The number of nitrogens with zero attached hydrogens (tertiary/aromatic N) is 2. The van der Waals surface area contributed by atoms with Crippen molar-refractivity contribution in [3.05, 3.63) is 41.4 Å². The maximum Gasteiger partial charge on any atom is 0.182 e. The predicted octanol–water partition coefficient (Wildman–Crippen LogP) is 4.54. The molecule has 0 atom stereocenters. The van der Waals surface area contributed by atoms with Gasteiger partial charge in [0.25, 0.3) is 0 Å². The van der Waals surface area contributed by atoms with Crippen molar-refractivity contribution < 1.29 is 0 Å². The Morgan fingerprint density at radius 2 is 1.95 bits per heavy atom. The molecule has 3 aromatic rings. The first kappa shape index (κ1) is 13.3. The number of nitrogens with one attached hydrogen (secondary N) is 1. The van der Waals surface area contributed by atoms with Crippen LogP contribution >= 0.6 is 22.7 Å². The van der Waals surface area contributed by atoms with E-state index in [1.807, 2.05) is 25.2 Å². The van der Waals surface area contributed by atoms with Crippen LogP contribution in [0, 0.1) is 0 Å². The van der Waals surface area contributed by atoms with E-state index >= 15 is 0 Å². The summed E-state index contributed by atoms with van der Waals surface area (Å²) in [5.41, 5.74) is 3.32. The Bertz CT molecular complexity index is 701. The van der Waals surface area contributed by atoms with Crippen molar-refractivity contribution in [1.82, 2.24) is 9.97 Å². The van der Waals surface area contributed by atoms with Gasteiger partial charge in [0.05, 0.1) is 16.3 Å². The molecule has 3 nitrogen and oxygen atoms in total. The Balaban J connectivity index is 2.05. The van der Waals surface area contributed by atoms with Crippen molar-refractivity contribution in [2.45, 2.75) is 13.3 Å². The zero-order valence-electron chi connectivity index (χ0n) is 11.4. The van der Waals surface area contributed by atoms with E-state index in [1.165, 1.54) is 10.4 Å². The molecule has 2 heterocycles. The Morgan fingerprint density at radius 3 is 2.60 bits per heavy atom. The van der Waals surface area contributed by atoms with Crippen LogP contribution in [0.3, 0.4) is 0 Å². The van der Waals surface area contributed by atoms with Gasteiger partial charge < -0.3 is 5.32 Å². The lowest BCUT2D eigenvalue weighted by molar-refractivity contribution is 1.07. The maximum absolute atomic E-state index is 4.77. The Kier molecular flexibility index (Phi) is 3.80. The molecule has 0 aliphatic heterocycles. The van der Waals surface area contributed by atoms with Crippen molar-refractivity contribution >= 4 is 27.8 Å². The van der Waals surface area contributed by atoms with Gasteiger partial charge in [-0.2, -0.15) is 0 Å². The number of benzene rings is 1. The molecule has 102 valence electrons. The fourth-order valence-electron chi connectivity index (χ4n) is 1.99. The van der Waals surface area contributed by atoms with Crippen LogP contribution in [0.5, 0.6) is 0 Å². The van der Waals surface area contributed by atoms with Gasteiger partial charge >= 0.3 is 0 Å². The quantitative estimate of drug-likeness (QED) is 0.769. The molecular formula is C15H15N3S2. The van der Waals surface area contributed by atoms with Crippen molar-refractivity contribution in [3.8, 4) is 21.1 Å². The van der Waals surface area contributed by atoms with Gasteiger partial charge in [0.15, 0.2) is 5.13 Å². The third kappa shape index (κ3) is 2.46. The third-order valence-corrected chi connectivity index (χ3v) is 5.03. The lowest BCUT2D eigenvalue weighted by Crippen LogP contribution is -1.87. The third-order valence-electron chi connectivity index (χ3n) is 3.00. The summed E-state index contributed by atoms with van der Waals surface area (Å²) in [6.07, 6.45) is 0.922. The Hall–Kier alpha value is -1.72. The summed E-state index contributed by atoms with van der Waals surface area (Å²) in [6.45, 7) is 2.14. The van der Waals surface area contributed by atoms with E-state index in [9.17, 15) is 0 Å². The normalized spacial score (nSPS) is 10.7. The van der Waals surface area contributed by atoms with Crippen molar-refractivity contribution in [3.63, 3.8) is 0 Å². The molecule has 0 aliphatic carbocycles. The van der Waals surface area contributed by atoms with Gasteiger partial charge in [-0.1, -0.05) is 37.3 Å². The van der Waals surface area contributed by atoms with Gasteiger partial charge in [-0.15, -0.1) is 22.7 Å². The zero-order chi connectivity index (χ0) is 13.9. The minimum Gasteiger partial charge on any atom is -0.365 e.